The predicted octanol–water partition coefficient (Wildman–Crippen LogP) is 5.49. The Morgan fingerprint density at radius 2 is 1.19 bits per heavy atom. The summed E-state index contributed by atoms with van der Waals surface area (Å²) in [6.07, 6.45) is 5.53. The number of carbonyl (C=O) groups excluding carboxylic acids is 1. The molecule has 0 radical (unpaired) electrons. The summed E-state index contributed by atoms with van der Waals surface area (Å²) in [5.41, 5.74) is 4.38. The lowest BCUT2D eigenvalue weighted by molar-refractivity contribution is -0.117. The zero-order valence-corrected chi connectivity index (χ0v) is 17.9. The molecule has 0 fully saturated rings. The molecule has 0 saturated heterocycles. The molecule has 0 atom stereocenters. The Morgan fingerprint density at radius 1 is 0.688 bits per heavy atom. The van der Waals surface area contributed by atoms with Crippen LogP contribution in [0.5, 0.6) is 0 Å². The molecule has 0 spiro atoms. The van der Waals surface area contributed by atoms with Crippen molar-refractivity contribution in [1.82, 2.24) is 9.13 Å². The fraction of sp³-hybridized carbons (Fsp3) is 0.107. The minimum atomic E-state index is -1.08. The van der Waals surface area contributed by atoms with Gasteiger partial charge in [-0.1, -0.05) is 60.7 Å². The smallest absolute Gasteiger partial charge is 0.178 e. The number of aliphatic hydroxyl groups is 1. The summed E-state index contributed by atoms with van der Waals surface area (Å²) in [5.74, 6) is -0.122. The van der Waals surface area contributed by atoms with Crippen LogP contribution in [-0.4, -0.2) is 20.0 Å². The number of carbonyl (C=O) groups is 1. The Kier molecular flexibility index (Phi) is 3.78. The number of aryl methyl sites for hydroxylation is 2. The monoisotopic (exact) mass is 418 g/mol. The second kappa shape index (κ2) is 6.47. The van der Waals surface area contributed by atoms with Crippen molar-refractivity contribution in [3.8, 4) is 0 Å². The van der Waals surface area contributed by atoms with Crippen LogP contribution >= 0.6 is 0 Å². The first-order chi connectivity index (χ1) is 15.5. The third kappa shape index (κ3) is 2.24. The van der Waals surface area contributed by atoms with Gasteiger partial charge in [0, 0.05) is 71.1 Å². The Bertz CT molecular complexity index is 1500. The van der Waals surface area contributed by atoms with E-state index in [-0.39, 0.29) is 11.5 Å². The molecule has 0 saturated carbocycles. The number of allylic oxidation sites excluding steroid dienone is 1. The quantitative estimate of drug-likeness (QED) is 0.412. The number of fused-ring (bicyclic) bond motifs is 3. The molecule has 2 aromatic heterocycles. The van der Waals surface area contributed by atoms with Gasteiger partial charge in [-0.3, -0.25) is 4.79 Å². The first-order valence-corrected chi connectivity index (χ1v) is 10.7. The van der Waals surface area contributed by atoms with Crippen molar-refractivity contribution in [2.24, 2.45) is 14.1 Å². The van der Waals surface area contributed by atoms with Gasteiger partial charge in [-0.25, -0.2) is 0 Å². The summed E-state index contributed by atoms with van der Waals surface area (Å²) in [5, 5.41) is 12.8. The lowest BCUT2D eigenvalue weighted by Gasteiger charge is -2.36. The van der Waals surface area contributed by atoms with Crippen molar-refractivity contribution in [2.45, 2.75) is 5.41 Å². The molecule has 1 aliphatic rings. The molecule has 3 aromatic carbocycles. The molecule has 1 N–H and O–H groups in total. The highest BCUT2D eigenvalue weighted by atomic mass is 16.3. The van der Waals surface area contributed by atoms with E-state index in [0.717, 1.165) is 38.5 Å². The van der Waals surface area contributed by atoms with Crippen LogP contribution < -0.4 is 0 Å². The van der Waals surface area contributed by atoms with Gasteiger partial charge in [0.05, 0.1) is 0 Å². The second-order valence-electron chi connectivity index (χ2n) is 8.53. The zero-order valence-electron chi connectivity index (χ0n) is 17.9. The highest BCUT2D eigenvalue weighted by molar-refractivity contribution is 6.15. The number of rotatable bonds is 2. The Balaban J connectivity index is 1.86. The van der Waals surface area contributed by atoms with Gasteiger partial charge in [0.2, 0.25) is 0 Å². The van der Waals surface area contributed by atoms with Crippen LogP contribution in [-0.2, 0) is 24.3 Å². The molecule has 156 valence electrons. The largest absolute Gasteiger partial charge is 0.507 e. The summed E-state index contributed by atoms with van der Waals surface area (Å²) < 4.78 is 4.15. The molecular weight excluding hydrogens is 396 g/mol. The minimum Gasteiger partial charge on any atom is -0.507 e. The number of ketones is 1. The van der Waals surface area contributed by atoms with E-state index in [1.54, 1.807) is 0 Å². The maximum absolute atomic E-state index is 14.1. The van der Waals surface area contributed by atoms with Crippen molar-refractivity contribution >= 4 is 33.3 Å². The first-order valence-electron chi connectivity index (χ1n) is 10.7. The molecule has 0 unspecified atom stereocenters. The van der Waals surface area contributed by atoms with Crippen molar-refractivity contribution < 1.29 is 9.90 Å². The maximum Gasteiger partial charge on any atom is 0.178 e. The summed E-state index contributed by atoms with van der Waals surface area (Å²) in [6.45, 7) is 0. The molecule has 4 nitrogen and oxygen atoms in total. The molecule has 32 heavy (non-hydrogen) atoms. The second-order valence-corrected chi connectivity index (χ2v) is 8.53. The van der Waals surface area contributed by atoms with Gasteiger partial charge in [-0.15, -0.1) is 0 Å². The van der Waals surface area contributed by atoms with E-state index in [1.165, 1.54) is 6.08 Å². The summed E-state index contributed by atoms with van der Waals surface area (Å²) >= 11 is 0. The van der Waals surface area contributed by atoms with Crippen LogP contribution in [0.15, 0.2) is 91.3 Å². The zero-order chi connectivity index (χ0) is 22.0. The van der Waals surface area contributed by atoms with E-state index in [0.29, 0.717) is 5.56 Å². The van der Waals surface area contributed by atoms with Crippen LogP contribution in [0.2, 0.25) is 0 Å². The van der Waals surface area contributed by atoms with E-state index in [4.69, 9.17) is 0 Å². The Morgan fingerprint density at radius 3 is 1.78 bits per heavy atom. The van der Waals surface area contributed by atoms with Gasteiger partial charge in [-0.05, 0) is 17.7 Å². The van der Waals surface area contributed by atoms with Crippen LogP contribution in [0.4, 0.5) is 0 Å². The van der Waals surface area contributed by atoms with Crippen LogP contribution in [0, 0.1) is 0 Å². The predicted molar refractivity (Wildman–Crippen MR) is 128 cm³/mol. The Hall–Kier alpha value is -4.05. The summed E-state index contributed by atoms with van der Waals surface area (Å²) in [4.78, 5) is 14.1. The number of para-hydroxylation sites is 2. The van der Waals surface area contributed by atoms with E-state index in [9.17, 15) is 9.90 Å². The molecule has 0 aliphatic heterocycles. The van der Waals surface area contributed by atoms with E-state index >= 15 is 0 Å². The van der Waals surface area contributed by atoms with Gasteiger partial charge >= 0.3 is 0 Å². The SMILES string of the molecule is Cn1cc(C2(c3cn(C)c4ccccc34)C(=O)C=C(O)c3ccccc32)c2ccccc21. The third-order valence-electron chi connectivity index (χ3n) is 6.85. The van der Waals surface area contributed by atoms with Crippen molar-refractivity contribution in [3.05, 3.63) is 114 Å². The minimum absolute atomic E-state index is 0.0155. The molecule has 1 aliphatic carbocycles. The normalized spacial score (nSPS) is 15.2. The van der Waals surface area contributed by atoms with Crippen molar-refractivity contribution in [1.29, 1.82) is 0 Å². The number of aromatic nitrogens is 2. The van der Waals surface area contributed by atoms with Gasteiger partial charge < -0.3 is 14.2 Å². The van der Waals surface area contributed by atoms with Crippen LogP contribution in [0.3, 0.4) is 0 Å². The van der Waals surface area contributed by atoms with E-state index in [1.807, 2.05) is 62.6 Å². The highest BCUT2D eigenvalue weighted by Gasteiger charge is 2.49. The van der Waals surface area contributed by atoms with Gasteiger partial charge in [0.25, 0.3) is 0 Å². The van der Waals surface area contributed by atoms with Gasteiger partial charge in [-0.2, -0.15) is 0 Å². The summed E-state index contributed by atoms with van der Waals surface area (Å²) in [7, 11) is 4.02. The third-order valence-corrected chi connectivity index (χ3v) is 6.85. The average Bonchev–Trinajstić information content (AvgIpc) is 3.33. The molecule has 2 heterocycles. The molecule has 0 bridgehead atoms. The topological polar surface area (TPSA) is 47.2 Å². The summed E-state index contributed by atoms with van der Waals surface area (Å²) in [6, 6.07) is 24.0. The molecule has 4 heteroatoms. The number of benzene rings is 3. The fourth-order valence-corrected chi connectivity index (χ4v) is 5.46. The molecule has 0 amide bonds. The standard InChI is InChI=1S/C28H22N2O2/c1-29-16-22(18-9-4-7-13-24(18)29)28(23-17-30(2)25-14-8-5-10-19(23)25)21-12-6-3-11-20(21)26(31)15-27(28)32/h3-17,31H,1-2H3. The fourth-order valence-electron chi connectivity index (χ4n) is 5.46. The lowest BCUT2D eigenvalue weighted by Crippen LogP contribution is -2.40. The number of aliphatic hydroxyl groups excluding tert-OH is 1. The molecule has 6 rings (SSSR count). The van der Waals surface area contributed by atoms with Crippen molar-refractivity contribution in [3.63, 3.8) is 0 Å². The molecule has 5 aromatic rings. The number of nitrogens with zero attached hydrogens (tertiary/aromatic N) is 2. The first kappa shape index (κ1) is 18.7. The van der Waals surface area contributed by atoms with E-state index in [2.05, 4.69) is 45.8 Å². The Labute approximate surface area is 185 Å². The maximum atomic E-state index is 14.1. The highest BCUT2D eigenvalue weighted by Crippen LogP contribution is 2.50. The van der Waals surface area contributed by atoms with Crippen molar-refractivity contribution in [2.75, 3.05) is 0 Å². The van der Waals surface area contributed by atoms with Gasteiger partial charge in [0.15, 0.2) is 5.78 Å². The molecular formula is C28H22N2O2. The average molecular weight is 418 g/mol. The van der Waals surface area contributed by atoms with Crippen LogP contribution in [0.25, 0.3) is 27.6 Å². The number of hydrogen-bond donors (Lipinski definition) is 1. The van der Waals surface area contributed by atoms with Crippen LogP contribution in [0.1, 0.15) is 22.3 Å². The van der Waals surface area contributed by atoms with Gasteiger partial charge in [0.1, 0.15) is 11.2 Å². The lowest BCUT2D eigenvalue weighted by atomic mass is 9.63. The number of hydrogen-bond acceptors (Lipinski definition) is 2. The van der Waals surface area contributed by atoms with E-state index < -0.39 is 5.41 Å².